The number of carbonyl (C=O) groups excluding carboxylic acids is 1. The molecule has 1 aromatic heterocycles. The molecule has 1 saturated heterocycles. The minimum absolute atomic E-state index is 0.294. The third-order valence-electron chi connectivity index (χ3n) is 5.64. The van der Waals surface area contributed by atoms with Crippen molar-refractivity contribution in [1.82, 2.24) is 19.9 Å². The van der Waals surface area contributed by atoms with Gasteiger partial charge in [0.15, 0.2) is 0 Å². The number of rotatable bonds is 4. The fraction of sp³-hybridized carbons (Fsp3) is 0.632. The monoisotopic (exact) mass is 357 g/mol. The molecule has 1 amide bonds. The largest absolute Gasteiger partial charge is 0.496 e. The zero-order valence-electron chi connectivity index (χ0n) is 15.4. The van der Waals surface area contributed by atoms with Crippen molar-refractivity contribution in [3.63, 3.8) is 0 Å². The number of amides is 1. The van der Waals surface area contributed by atoms with E-state index in [1.54, 1.807) is 13.2 Å². The van der Waals surface area contributed by atoms with Crippen molar-refractivity contribution in [3.8, 4) is 5.75 Å². The molecule has 1 unspecified atom stereocenters. The Labute approximate surface area is 153 Å². The molecule has 2 aliphatic rings. The lowest BCUT2D eigenvalue weighted by atomic mass is 10.1. The van der Waals surface area contributed by atoms with Gasteiger partial charge in [-0.1, -0.05) is 24.5 Å². The molecule has 1 saturated carbocycles. The van der Waals surface area contributed by atoms with Gasteiger partial charge in [0.1, 0.15) is 11.3 Å². The summed E-state index contributed by atoms with van der Waals surface area (Å²) in [5.41, 5.74) is 7.41. The standard InChI is InChI=1S/C19H27N5O2/c1-26-18-11-17-16(10-15(18)19(20)25)21-22-24(17)14-6-4-2-3-5-9-23(12-14)13-7-8-13/h10-11,13-14H,2-9,12H2,1H3,(H2,20,25). The molecule has 0 bridgehead atoms. The topological polar surface area (TPSA) is 86.3 Å². The average molecular weight is 357 g/mol. The highest BCUT2D eigenvalue weighted by atomic mass is 16.5. The summed E-state index contributed by atoms with van der Waals surface area (Å²) in [5.74, 6) is -0.0312. The number of aromatic nitrogens is 3. The Morgan fingerprint density at radius 3 is 2.69 bits per heavy atom. The van der Waals surface area contributed by atoms with Crippen molar-refractivity contribution >= 4 is 16.9 Å². The molecule has 7 nitrogen and oxygen atoms in total. The van der Waals surface area contributed by atoms with E-state index in [2.05, 4.69) is 15.2 Å². The Morgan fingerprint density at radius 1 is 1.15 bits per heavy atom. The molecule has 4 rings (SSSR count). The molecule has 2 heterocycles. The quantitative estimate of drug-likeness (QED) is 0.908. The van der Waals surface area contributed by atoms with Crippen molar-refractivity contribution in [2.45, 2.75) is 57.0 Å². The maximum absolute atomic E-state index is 11.7. The van der Waals surface area contributed by atoms with Gasteiger partial charge < -0.3 is 10.5 Å². The zero-order valence-corrected chi connectivity index (χ0v) is 15.4. The molecule has 2 fully saturated rings. The van der Waals surface area contributed by atoms with Gasteiger partial charge in [-0.2, -0.15) is 0 Å². The number of ether oxygens (including phenoxy) is 1. The molecule has 7 heteroatoms. The highest BCUT2D eigenvalue weighted by Gasteiger charge is 2.31. The summed E-state index contributed by atoms with van der Waals surface area (Å²) in [6.07, 6.45) is 8.82. The maximum atomic E-state index is 11.7. The third kappa shape index (κ3) is 3.40. The van der Waals surface area contributed by atoms with E-state index in [9.17, 15) is 4.79 Å². The second kappa shape index (κ2) is 7.23. The van der Waals surface area contributed by atoms with Crippen molar-refractivity contribution in [1.29, 1.82) is 0 Å². The van der Waals surface area contributed by atoms with Crippen LogP contribution < -0.4 is 10.5 Å². The summed E-state index contributed by atoms with van der Waals surface area (Å²) in [5, 5.41) is 8.75. The van der Waals surface area contributed by atoms with Gasteiger partial charge in [0.25, 0.3) is 5.91 Å². The van der Waals surface area contributed by atoms with Gasteiger partial charge in [-0.15, -0.1) is 5.10 Å². The van der Waals surface area contributed by atoms with Gasteiger partial charge in [-0.3, -0.25) is 9.69 Å². The van der Waals surface area contributed by atoms with Gasteiger partial charge in [0, 0.05) is 18.7 Å². The van der Waals surface area contributed by atoms with E-state index < -0.39 is 5.91 Å². The van der Waals surface area contributed by atoms with Crippen molar-refractivity contribution < 1.29 is 9.53 Å². The molecular formula is C19H27N5O2. The first kappa shape index (κ1) is 17.3. The number of primary amides is 1. The SMILES string of the molecule is COc1cc2c(cc1C(N)=O)nnn2C1CCCCCCN(C2CC2)C1. The van der Waals surface area contributed by atoms with Crippen molar-refractivity contribution in [2.24, 2.45) is 5.73 Å². The van der Waals surface area contributed by atoms with Crippen LogP contribution >= 0.6 is 0 Å². The van der Waals surface area contributed by atoms with Crippen LogP contribution in [0.5, 0.6) is 5.75 Å². The number of hydrogen-bond donors (Lipinski definition) is 1. The minimum Gasteiger partial charge on any atom is -0.496 e. The summed E-state index contributed by atoms with van der Waals surface area (Å²) < 4.78 is 7.41. The molecule has 26 heavy (non-hydrogen) atoms. The second-order valence-electron chi connectivity index (χ2n) is 7.52. The number of nitrogens with two attached hydrogens (primary N) is 1. The lowest BCUT2D eigenvalue weighted by Gasteiger charge is -2.27. The van der Waals surface area contributed by atoms with Gasteiger partial charge in [0.2, 0.25) is 0 Å². The fourth-order valence-electron chi connectivity index (χ4n) is 4.07. The van der Waals surface area contributed by atoms with Crippen LogP contribution in [0, 0.1) is 0 Å². The summed E-state index contributed by atoms with van der Waals surface area (Å²) >= 11 is 0. The van der Waals surface area contributed by atoms with Gasteiger partial charge in [-0.25, -0.2) is 4.68 Å². The number of nitrogens with zero attached hydrogens (tertiary/aromatic N) is 4. The molecule has 1 aliphatic heterocycles. The number of methoxy groups -OCH3 is 1. The first-order valence-electron chi connectivity index (χ1n) is 9.64. The molecule has 1 aliphatic carbocycles. The normalized spacial score (nSPS) is 22.6. The van der Waals surface area contributed by atoms with Crippen molar-refractivity contribution in [2.75, 3.05) is 20.2 Å². The highest BCUT2D eigenvalue weighted by molar-refractivity contribution is 5.99. The van der Waals surface area contributed by atoms with E-state index in [-0.39, 0.29) is 0 Å². The molecule has 140 valence electrons. The number of fused-ring (bicyclic) bond motifs is 1. The van der Waals surface area contributed by atoms with Crippen LogP contribution in [0.25, 0.3) is 11.0 Å². The van der Waals surface area contributed by atoms with Crippen LogP contribution in [0.2, 0.25) is 0 Å². The van der Waals surface area contributed by atoms with Gasteiger partial charge >= 0.3 is 0 Å². The van der Waals surface area contributed by atoms with Gasteiger partial charge in [-0.05, 0) is 38.3 Å². The lowest BCUT2D eigenvalue weighted by molar-refractivity contribution is 0.0997. The molecule has 1 atom stereocenters. The number of benzene rings is 1. The Morgan fingerprint density at radius 2 is 1.96 bits per heavy atom. The van der Waals surface area contributed by atoms with Crippen LogP contribution in [-0.2, 0) is 0 Å². The van der Waals surface area contributed by atoms with Crippen molar-refractivity contribution in [3.05, 3.63) is 17.7 Å². The van der Waals surface area contributed by atoms with E-state index >= 15 is 0 Å². The molecule has 2 aromatic rings. The predicted octanol–water partition coefficient (Wildman–Crippen LogP) is 2.51. The number of carbonyl (C=O) groups is 1. The Bertz CT molecular complexity index is 799. The zero-order chi connectivity index (χ0) is 18.1. The second-order valence-corrected chi connectivity index (χ2v) is 7.52. The van der Waals surface area contributed by atoms with Crippen LogP contribution in [0.1, 0.15) is 61.3 Å². The third-order valence-corrected chi connectivity index (χ3v) is 5.64. The van der Waals surface area contributed by atoms with Gasteiger partial charge in [0.05, 0.1) is 24.2 Å². The summed E-state index contributed by atoms with van der Waals surface area (Å²) in [7, 11) is 1.55. The van der Waals surface area contributed by atoms with E-state index in [0.29, 0.717) is 22.9 Å². The predicted molar refractivity (Wildman–Crippen MR) is 99.3 cm³/mol. The molecular weight excluding hydrogens is 330 g/mol. The Kier molecular flexibility index (Phi) is 4.80. The first-order chi connectivity index (χ1) is 12.7. The minimum atomic E-state index is -0.513. The van der Waals surface area contributed by atoms with Crippen LogP contribution in [0.4, 0.5) is 0 Å². The van der Waals surface area contributed by atoms with E-state index in [1.165, 1.54) is 45.1 Å². The van der Waals surface area contributed by atoms with Crippen LogP contribution in [-0.4, -0.2) is 52.0 Å². The highest BCUT2D eigenvalue weighted by Crippen LogP contribution is 2.33. The molecule has 2 N–H and O–H groups in total. The maximum Gasteiger partial charge on any atom is 0.252 e. The summed E-state index contributed by atoms with van der Waals surface area (Å²) in [6.45, 7) is 2.20. The first-order valence-corrected chi connectivity index (χ1v) is 9.64. The fourth-order valence-corrected chi connectivity index (χ4v) is 4.07. The van der Waals surface area contributed by atoms with E-state index in [1.807, 2.05) is 10.7 Å². The number of hydrogen-bond acceptors (Lipinski definition) is 5. The average Bonchev–Trinajstić information content (AvgIpc) is 3.38. The summed E-state index contributed by atoms with van der Waals surface area (Å²) in [6, 6.07) is 4.58. The Balaban J connectivity index is 1.70. The molecule has 0 radical (unpaired) electrons. The lowest BCUT2D eigenvalue weighted by Crippen LogP contribution is -2.33. The summed E-state index contributed by atoms with van der Waals surface area (Å²) in [4.78, 5) is 14.3. The smallest absolute Gasteiger partial charge is 0.252 e. The van der Waals surface area contributed by atoms with E-state index in [0.717, 1.165) is 24.5 Å². The molecule has 1 aromatic carbocycles. The van der Waals surface area contributed by atoms with E-state index in [4.69, 9.17) is 10.5 Å². The Hall–Kier alpha value is -2.15. The molecule has 0 spiro atoms. The van der Waals surface area contributed by atoms with Crippen LogP contribution in [0.15, 0.2) is 12.1 Å². The van der Waals surface area contributed by atoms with Crippen LogP contribution in [0.3, 0.4) is 0 Å².